The molecule has 0 aromatic heterocycles. The van der Waals surface area contributed by atoms with E-state index in [1.54, 1.807) is 0 Å². The van der Waals surface area contributed by atoms with Gasteiger partial charge in [0.1, 0.15) is 19.3 Å². The molecular formula is C62H122N2O7P+. The van der Waals surface area contributed by atoms with Gasteiger partial charge in [0.2, 0.25) is 5.91 Å². The quantitative estimate of drug-likeness (QED) is 0.0205. The molecule has 0 saturated heterocycles. The third-order valence-corrected chi connectivity index (χ3v) is 15.1. The van der Waals surface area contributed by atoms with Gasteiger partial charge in [-0.15, -0.1) is 0 Å². The van der Waals surface area contributed by atoms with Crippen LogP contribution in [0.1, 0.15) is 310 Å². The van der Waals surface area contributed by atoms with Crippen molar-refractivity contribution in [2.45, 2.75) is 322 Å². The number of nitrogens with zero attached hydrogens (tertiary/aromatic N) is 1. The summed E-state index contributed by atoms with van der Waals surface area (Å²) >= 11 is 0. The molecule has 0 bridgehead atoms. The summed E-state index contributed by atoms with van der Waals surface area (Å²) < 4.78 is 30.7. The van der Waals surface area contributed by atoms with Gasteiger partial charge in [-0.25, -0.2) is 4.57 Å². The first kappa shape index (κ1) is 70.5. The van der Waals surface area contributed by atoms with Crippen LogP contribution in [0.2, 0.25) is 0 Å². The number of hydrogen-bond donors (Lipinski definition) is 2. The zero-order chi connectivity index (χ0) is 52.9. The molecule has 1 amide bonds. The number of carbonyl (C=O) groups excluding carboxylic acids is 2. The molecule has 0 radical (unpaired) electrons. The van der Waals surface area contributed by atoms with E-state index in [0.29, 0.717) is 23.9 Å². The number of unbranched alkanes of at least 4 members (excludes halogenated alkanes) is 39. The summed E-state index contributed by atoms with van der Waals surface area (Å²) in [5.41, 5.74) is 0. The number of nitrogens with one attached hydrogen (secondary N) is 1. The minimum atomic E-state index is -4.44. The molecule has 10 heteroatoms. The number of ether oxygens (including phenoxy) is 1. The van der Waals surface area contributed by atoms with E-state index in [1.807, 2.05) is 33.3 Å². The molecule has 426 valence electrons. The van der Waals surface area contributed by atoms with Crippen LogP contribution in [0.5, 0.6) is 0 Å². The Morgan fingerprint density at radius 1 is 0.472 bits per heavy atom. The zero-order valence-electron chi connectivity index (χ0n) is 48.7. The molecule has 0 aromatic carbocycles. The number of hydrogen-bond acceptors (Lipinski definition) is 6. The predicted molar refractivity (Wildman–Crippen MR) is 310 cm³/mol. The van der Waals surface area contributed by atoms with Crippen molar-refractivity contribution in [3.63, 3.8) is 0 Å². The minimum Gasteiger partial charge on any atom is -0.456 e. The van der Waals surface area contributed by atoms with Crippen LogP contribution in [-0.4, -0.2) is 74.3 Å². The highest BCUT2D eigenvalue weighted by atomic mass is 31.2. The number of carbonyl (C=O) groups is 2. The van der Waals surface area contributed by atoms with Crippen LogP contribution in [0, 0.1) is 0 Å². The maximum atomic E-state index is 13.5. The topological polar surface area (TPSA) is 111 Å². The number of phosphoric acid groups is 1. The molecule has 9 nitrogen and oxygen atoms in total. The number of allylic oxidation sites excluding steroid dienone is 3. The Labute approximate surface area is 447 Å². The van der Waals surface area contributed by atoms with Gasteiger partial charge in [0.15, 0.2) is 0 Å². The minimum absolute atomic E-state index is 0.0439. The first-order chi connectivity index (χ1) is 34.9. The Morgan fingerprint density at radius 3 is 1.18 bits per heavy atom. The van der Waals surface area contributed by atoms with E-state index in [9.17, 15) is 19.0 Å². The summed E-state index contributed by atoms with van der Waals surface area (Å²) in [6.45, 7) is 7.03. The third-order valence-electron chi connectivity index (χ3n) is 14.1. The Bertz CT molecular complexity index is 1290. The number of phosphoric ester groups is 1. The highest BCUT2D eigenvalue weighted by Gasteiger charge is 2.30. The molecule has 0 heterocycles. The summed E-state index contributed by atoms with van der Waals surface area (Å²) in [6, 6.07) is -0.841. The van der Waals surface area contributed by atoms with Gasteiger partial charge in [-0.1, -0.05) is 264 Å². The highest BCUT2D eigenvalue weighted by Crippen LogP contribution is 2.43. The molecule has 3 atom stereocenters. The van der Waals surface area contributed by atoms with Crippen molar-refractivity contribution in [3.05, 3.63) is 24.3 Å². The second-order valence-corrected chi connectivity index (χ2v) is 24.0. The molecule has 0 aromatic rings. The fraction of sp³-hybridized carbons (Fsp3) is 0.903. The highest BCUT2D eigenvalue weighted by molar-refractivity contribution is 7.47. The van der Waals surface area contributed by atoms with Crippen molar-refractivity contribution < 1.29 is 37.3 Å². The second kappa shape index (κ2) is 52.9. The van der Waals surface area contributed by atoms with Gasteiger partial charge in [-0.05, 0) is 57.4 Å². The van der Waals surface area contributed by atoms with E-state index >= 15 is 0 Å². The number of esters is 1. The predicted octanol–water partition coefficient (Wildman–Crippen LogP) is 18.9. The monoisotopic (exact) mass is 1040 g/mol. The fourth-order valence-electron chi connectivity index (χ4n) is 9.29. The summed E-state index contributed by atoms with van der Waals surface area (Å²) in [5.74, 6) is -0.491. The molecule has 0 saturated carbocycles. The maximum absolute atomic E-state index is 13.5. The molecule has 72 heavy (non-hydrogen) atoms. The van der Waals surface area contributed by atoms with Crippen LogP contribution in [-0.2, 0) is 27.9 Å². The van der Waals surface area contributed by atoms with Gasteiger partial charge in [0.05, 0.1) is 33.8 Å². The molecule has 0 rings (SSSR count). The van der Waals surface area contributed by atoms with Crippen molar-refractivity contribution in [1.82, 2.24) is 5.32 Å². The summed E-state index contributed by atoms with van der Waals surface area (Å²) in [7, 11) is 1.51. The normalized spacial score (nSPS) is 13.8. The van der Waals surface area contributed by atoms with Gasteiger partial charge in [-0.3, -0.25) is 18.6 Å². The van der Waals surface area contributed by atoms with Crippen LogP contribution in [0.4, 0.5) is 0 Å². The van der Waals surface area contributed by atoms with Gasteiger partial charge in [0.25, 0.3) is 0 Å². The molecule has 0 aliphatic heterocycles. The van der Waals surface area contributed by atoms with Crippen LogP contribution in [0.15, 0.2) is 24.3 Å². The van der Waals surface area contributed by atoms with E-state index in [0.717, 1.165) is 57.8 Å². The fourth-order valence-corrected chi connectivity index (χ4v) is 10.0. The number of amides is 1. The van der Waals surface area contributed by atoms with Crippen molar-refractivity contribution in [2.24, 2.45) is 0 Å². The molecule has 2 N–H and O–H groups in total. The molecule has 0 aliphatic rings. The standard InChI is InChI=1S/C62H121N2O7P/c1-7-10-13-16-19-22-25-27-28-29-30-31-32-33-34-35-36-37-40-42-45-48-51-54-61(65)63-59(58-70-72(67,68)69-57-56-64(4,5)6)60(53-50-47-44-41-39-26-23-20-17-14-11-8-2)71-62(66)55-52-49-46-43-38-24-21-18-15-12-9-3/h27-28,50,53,59-60H,7-26,29-49,51-52,54-58H2,1-6H3,(H-,63,65,67,68)/p+1/b28-27+,53-50-. The van der Waals surface area contributed by atoms with Crippen molar-refractivity contribution in [3.8, 4) is 0 Å². The smallest absolute Gasteiger partial charge is 0.456 e. The lowest BCUT2D eigenvalue weighted by molar-refractivity contribution is -0.870. The molecule has 0 fully saturated rings. The zero-order valence-corrected chi connectivity index (χ0v) is 49.6. The van der Waals surface area contributed by atoms with Crippen LogP contribution in [0.25, 0.3) is 0 Å². The van der Waals surface area contributed by atoms with Gasteiger partial charge < -0.3 is 19.4 Å². The second-order valence-electron chi connectivity index (χ2n) is 22.6. The van der Waals surface area contributed by atoms with Gasteiger partial charge in [0, 0.05) is 12.8 Å². The van der Waals surface area contributed by atoms with Gasteiger partial charge in [-0.2, -0.15) is 0 Å². The van der Waals surface area contributed by atoms with E-state index < -0.39 is 20.0 Å². The molecule has 0 spiro atoms. The Morgan fingerprint density at radius 2 is 0.806 bits per heavy atom. The van der Waals surface area contributed by atoms with E-state index in [-0.39, 0.29) is 25.1 Å². The largest absolute Gasteiger partial charge is 0.472 e. The number of likely N-dealkylation sites (N-methyl/N-ethyl adjacent to an activating group) is 1. The lowest BCUT2D eigenvalue weighted by Gasteiger charge is -2.27. The summed E-state index contributed by atoms with van der Waals surface area (Å²) in [5, 5.41) is 3.06. The van der Waals surface area contributed by atoms with Crippen LogP contribution < -0.4 is 5.32 Å². The average molecular weight is 1040 g/mol. The first-order valence-corrected chi connectivity index (χ1v) is 32.7. The van der Waals surface area contributed by atoms with E-state index in [4.69, 9.17) is 13.8 Å². The molecular weight excluding hydrogens is 916 g/mol. The number of quaternary nitrogens is 1. The van der Waals surface area contributed by atoms with Crippen molar-refractivity contribution in [2.75, 3.05) is 40.9 Å². The Hall–Kier alpha value is -1.51. The van der Waals surface area contributed by atoms with Crippen LogP contribution in [0.3, 0.4) is 0 Å². The lowest BCUT2D eigenvalue weighted by Crippen LogP contribution is -2.47. The SMILES string of the molecule is CCCCCCCC/C=C/CCCCCCCCCCCCCCCC(=O)NC(COP(=O)(O)OCC[N+](C)(C)C)C(/C=C\CCCCCCCCCCCC)OC(=O)CCCCCCCCCCCCC. The Balaban J connectivity index is 5.08. The lowest BCUT2D eigenvalue weighted by atomic mass is 10.0. The third kappa shape index (κ3) is 53.3. The first-order valence-electron chi connectivity index (χ1n) is 31.2. The summed E-state index contributed by atoms with van der Waals surface area (Å²) in [4.78, 5) is 37.6. The van der Waals surface area contributed by atoms with E-state index in [2.05, 4.69) is 38.2 Å². The molecule has 0 aliphatic carbocycles. The maximum Gasteiger partial charge on any atom is 0.472 e. The molecule has 3 unspecified atom stereocenters. The van der Waals surface area contributed by atoms with Crippen molar-refractivity contribution in [1.29, 1.82) is 0 Å². The van der Waals surface area contributed by atoms with Gasteiger partial charge >= 0.3 is 13.8 Å². The Kier molecular flexibility index (Phi) is 51.8. The van der Waals surface area contributed by atoms with Crippen molar-refractivity contribution >= 4 is 19.7 Å². The number of rotatable bonds is 57. The van der Waals surface area contributed by atoms with Crippen LogP contribution >= 0.6 is 7.82 Å². The average Bonchev–Trinajstić information content (AvgIpc) is 3.34. The van der Waals surface area contributed by atoms with E-state index in [1.165, 1.54) is 218 Å². The summed E-state index contributed by atoms with van der Waals surface area (Å²) in [6.07, 6.45) is 61.8.